The van der Waals surface area contributed by atoms with Gasteiger partial charge in [-0.1, -0.05) is 343 Å². The lowest BCUT2D eigenvalue weighted by Gasteiger charge is -2.26. The molecule has 0 atom stereocenters. The van der Waals surface area contributed by atoms with Crippen molar-refractivity contribution < 1.29 is 4.42 Å². The maximum absolute atomic E-state index is 7.26. The average Bonchev–Trinajstić information content (AvgIpc) is 1.54. The third kappa shape index (κ3) is 13.1. The van der Waals surface area contributed by atoms with Crippen LogP contribution in [0.5, 0.6) is 0 Å². The van der Waals surface area contributed by atoms with E-state index in [1.54, 1.807) is 0 Å². The van der Waals surface area contributed by atoms with Crippen molar-refractivity contribution in [1.29, 1.82) is 0 Å². The first-order valence-electron chi connectivity index (χ1n) is 50.5. The van der Waals surface area contributed by atoms with E-state index in [1.165, 1.54) is 202 Å². The SMILES string of the molecule is CC1(C)c2ccccc2-c2c1ccc1c2oc2c(N(c3ccc(-c4ccc5c(c4)c4ccccc4n5-c4ccccc4)cc3)c3ccc(-c4ccc5c(c4)c4ccccc4n5-c4ccccc4)cc3)cccc21.CC1(C)c2ccccc2-c2c1ccc1c2sc2c(N(c3ccc(-c4ccc5c(c4)c4ccccc4n5-c4ccccc4)cc3)c3ccc(-c4ccc5c(c4)c4ccccc4n5-c4ccccc4)cc3)cccc21. The first-order chi connectivity index (χ1) is 71.9. The van der Waals surface area contributed by atoms with Crippen LogP contribution < -0.4 is 9.80 Å². The van der Waals surface area contributed by atoms with E-state index < -0.39 is 0 Å². The second-order valence-electron chi connectivity index (χ2n) is 40.1. The Balaban J connectivity index is 0.000000138. The minimum atomic E-state index is -0.134. The van der Waals surface area contributed by atoms with Crippen LogP contribution in [0.1, 0.15) is 49.9 Å². The van der Waals surface area contributed by atoms with E-state index in [4.69, 9.17) is 4.42 Å². The molecule has 0 unspecified atom stereocenters. The lowest BCUT2D eigenvalue weighted by Crippen LogP contribution is -2.14. The van der Waals surface area contributed by atoms with E-state index in [0.29, 0.717) is 0 Å². The second kappa shape index (κ2) is 33.1. The summed E-state index contributed by atoms with van der Waals surface area (Å²) in [5.74, 6) is 0. The Morgan fingerprint density at radius 1 is 0.192 bits per heavy atom. The molecule has 2 aliphatic carbocycles. The van der Waals surface area contributed by atoms with Gasteiger partial charge in [-0.2, -0.15) is 0 Å². The Morgan fingerprint density at radius 2 is 0.466 bits per heavy atom. The van der Waals surface area contributed by atoms with Crippen LogP contribution >= 0.6 is 11.3 Å². The summed E-state index contributed by atoms with van der Waals surface area (Å²) in [6, 6.07) is 182. The molecule has 0 aliphatic heterocycles. The molecule has 8 heteroatoms. The monoisotopic (exact) mass is 1880 g/mol. The molecule has 0 fully saturated rings. The highest BCUT2D eigenvalue weighted by Gasteiger charge is 2.40. The molecule has 0 radical (unpaired) electrons. The summed E-state index contributed by atoms with van der Waals surface area (Å²) in [4.78, 5) is 4.83. The van der Waals surface area contributed by atoms with Crippen molar-refractivity contribution in [3.8, 4) is 89.5 Å². The van der Waals surface area contributed by atoms with E-state index >= 15 is 0 Å². The van der Waals surface area contributed by atoms with Gasteiger partial charge < -0.3 is 32.5 Å². The molecule has 30 rings (SSSR count). The van der Waals surface area contributed by atoms with Gasteiger partial charge in [0, 0.05) is 137 Å². The zero-order valence-electron chi connectivity index (χ0n) is 80.8. The van der Waals surface area contributed by atoms with Gasteiger partial charge in [0.2, 0.25) is 0 Å². The van der Waals surface area contributed by atoms with Crippen LogP contribution in [0.15, 0.2) is 502 Å². The van der Waals surface area contributed by atoms with Gasteiger partial charge in [-0.3, -0.25) is 0 Å². The molecule has 7 nitrogen and oxygen atoms in total. The van der Waals surface area contributed by atoms with Gasteiger partial charge in [-0.05, 0) is 260 Å². The maximum atomic E-state index is 7.26. The zero-order chi connectivity index (χ0) is 96.7. The predicted octanol–water partition coefficient (Wildman–Crippen LogP) is 38.2. The van der Waals surface area contributed by atoms with E-state index in [0.717, 1.165) is 72.9 Å². The van der Waals surface area contributed by atoms with Crippen molar-refractivity contribution in [2.24, 2.45) is 0 Å². The molecule has 0 spiro atoms. The molecule has 0 saturated heterocycles. The number of hydrogen-bond donors (Lipinski definition) is 0. The summed E-state index contributed by atoms with van der Waals surface area (Å²) in [7, 11) is 0. The van der Waals surface area contributed by atoms with Crippen LogP contribution in [0.4, 0.5) is 34.1 Å². The van der Waals surface area contributed by atoms with E-state index in [9.17, 15) is 0 Å². The number of rotatable bonds is 14. The van der Waals surface area contributed by atoms with E-state index in [2.05, 4.69) is 553 Å². The van der Waals surface area contributed by atoms with Crippen molar-refractivity contribution in [2.75, 3.05) is 9.80 Å². The Labute approximate surface area is 848 Å². The largest absolute Gasteiger partial charge is 0.453 e. The molecule has 0 N–H and O–H groups in total. The molecule has 6 aromatic heterocycles. The number of nitrogens with zero attached hydrogens (tertiary/aromatic N) is 6. The van der Waals surface area contributed by atoms with Crippen LogP contribution in [0.2, 0.25) is 0 Å². The quantitative estimate of drug-likeness (QED) is 0.109. The molecule has 28 aromatic rings. The molecule has 0 saturated carbocycles. The van der Waals surface area contributed by atoms with Gasteiger partial charge in [0.25, 0.3) is 0 Å². The minimum Gasteiger partial charge on any atom is -0.453 e. The highest BCUT2D eigenvalue weighted by Crippen LogP contribution is 2.58. The molecule has 0 bridgehead atoms. The summed E-state index contributed by atoms with van der Waals surface area (Å²) in [5.41, 5.74) is 42.3. The highest BCUT2D eigenvalue weighted by molar-refractivity contribution is 7.27. The minimum absolute atomic E-state index is 0.0678. The van der Waals surface area contributed by atoms with Gasteiger partial charge in [-0.25, -0.2) is 0 Å². The van der Waals surface area contributed by atoms with Crippen LogP contribution in [0, 0.1) is 0 Å². The number of fused-ring (bicyclic) bond motifs is 26. The number of furan rings is 1. The average molecular weight is 1880 g/mol. The number of aromatic nitrogens is 4. The molecule has 2 aliphatic rings. The van der Waals surface area contributed by atoms with E-state index in [-0.39, 0.29) is 10.8 Å². The summed E-state index contributed by atoms with van der Waals surface area (Å²) in [5, 5.41) is 14.8. The van der Waals surface area contributed by atoms with Crippen LogP contribution in [-0.2, 0) is 10.8 Å². The van der Waals surface area contributed by atoms with Crippen molar-refractivity contribution in [3.63, 3.8) is 0 Å². The lowest BCUT2D eigenvalue weighted by molar-refractivity contribution is 0.653. The molecule has 6 heterocycles. The Kier molecular flexibility index (Phi) is 19.2. The zero-order valence-corrected chi connectivity index (χ0v) is 81.7. The molecular weight excluding hydrogens is 1790 g/mol. The van der Waals surface area contributed by atoms with Crippen molar-refractivity contribution >= 4 is 175 Å². The highest BCUT2D eigenvalue weighted by atomic mass is 32.1. The second-order valence-corrected chi connectivity index (χ2v) is 41.1. The van der Waals surface area contributed by atoms with Gasteiger partial charge >= 0.3 is 0 Å². The fourth-order valence-electron chi connectivity index (χ4n) is 24.5. The van der Waals surface area contributed by atoms with Gasteiger partial charge in [0.15, 0.2) is 5.58 Å². The molecule has 0 amide bonds. The lowest BCUT2D eigenvalue weighted by atomic mass is 9.82. The van der Waals surface area contributed by atoms with Crippen LogP contribution in [0.3, 0.4) is 0 Å². The van der Waals surface area contributed by atoms with Gasteiger partial charge in [0.1, 0.15) is 5.58 Å². The first kappa shape index (κ1) is 84.5. The molecule has 22 aromatic carbocycles. The number of benzene rings is 22. The normalized spacial score (nSPS) is 12.9. The summed E-state index contributed by atoms with van der Waals surface area (Å²) < 4.78 is 19.4. The maximum Gasteiger partial charge on any atom is 0.159 e. The topological polar surface area (TPSA) is 39.3 Å². The predicted molar refractivity (Wildman–Crippen MR) is 617 cm³/mol. The fraction of sp³-hybridized carbons (Fsp3) is 0.0435. The van der Waals surface area contributed by atoms with Crippen molar-refractivity contribution in [2.45, 2.75) is 38.5 Å². The smallest absolute Gasteiger partial charge is 0.159 e. The Morgan fingerprint density at radius 3 is 0.842 bits per heavy atom. The number of para-hydroxylation sites is 9. The molecule has 146 heavy (non-hydrogen) atoms. The van der Waals surface area contributed by atoms with Crippen LogP contribution in [0.25, 0.3) is 219 Å². The number of hydrogen-bond acceptors (Lipinski definition) is 4. The van der Waals surface area contributed by atoms with Crippen molar-refractivity contribution in [3.05, 3.63) is 520 Å². The number of thiophene rings is 1. The third-order valence-electron chi connectivity index (χ3n) is 31.4. The Hall–Kier alpha value is -18.3. The summed E-state index contributed by atoms with van der Waals surface area (Å²) in [6.45, 7) is 9.41. The summed E-state index contributed by atoms with van der Waals surface area (Å²) >= 11 is 1.93. The van der Waals surface area contributed by atoms with Crippen molar-refractivity contribution in [1.82, 2.24) is 18.3 Å². The van der Waals surface area contributed by atoms with Gasteiger partial charge in [0.05, 0.1) is 60.2 Å². The molecule has 688 valence electrons. The van der Waals surface area contributed by atoms with Gasteiger partial charge in [-0.15, -0.1) is 11.3 Å². The summed E-state index contributed by atoms with van der Waals surface area (Å²) in [6.07, 6.45) is 0. The molecular formula is C138H94N6OS. The fourth-order valence-corrected chi connectivity index (χ4v) is 25.9. The van der Waals surface area contributed by atoms with E-state index in [1.807, 2.05) is 11.3 Å². The Bertz CT molecular complexity index is 9180. The standard InChI is InChI=1S/C69H47N3O.C69H47N3S/c2*1-69(2)59-24-12-9-22-56(59)66-60(69)39-38-55-54-23-15-27-65(67(54)73-68(55)66)70(50-34-28-44(29-35-50)46-32-40-63-57(42-46)52-20-10-13-25-61(52)71(63)48-16-5-3-6-17-48)51-36-30-45(31-37-51)47-33-41-64-58(43-47)53-21-11-14-26-62(53)72(64)49-18-7-4-8-19-49/h2*3-43H,1-2H3. The number of anilines is 6. The van der Waals surface area contributed by atoms with Crippen LogP contribution in [-0.4, -0.2) is 18.3 Å². The first-order valence-corrected chi connectivity index (χ1v) is 51.3. The third-order valence-corrected chi connectivity index (χ3v) is 32.7.